The number of rotatable bonds is 3. The average Bonchev–Trinajstić information content (AvgIpc) is 3.23. The molecule has 23 heavy (non-hydrogen) atoms. The number of nitrogens with one attached hydrogen (secondary N) is 1. The fraction of sp³-hybridized carbons (Fsp3) is 0. The number of aromatic amines is 1. The van der Waals surface area contributed by atoms with Gasteiger partial charge in [-0.1, -0.05) is 42.5 Å². The lowest BCUT2D eigenvalue weighted by atomic mass is 9.99. The van der Waals surface area contributed by atoms with Crippen molar-refractivity contribution in [1.82, 2.24) is 20.6 Å². The van der Waals surface area contributed by atoms with Gasteiger partial charge in [0.2, 0.25) is 5.82 Å². The summed E-state index contributed by atoms with van der Waals surface area (Å²) in [6.07, 6.45) is 0. The smallest absolute Gasteiger partial charge is 0.400 e. The molecule has 2 aromatic carbocycles. The normalized spacial score (nSPS) is 11.0. The van der Waals surface area contributed by atoms with Crippen LogP contribution in [0.2, 0.25) is 0 Å². The second kappa shape index (κ2) is 5.02. The minimum atomic E-state index is -0.525. The van der Waals surface area contributed by atoms with Crippen molar-refractivity contribution in [3.8, 4) is 22.5 Å². The second-order valence-corrected chi connectivity index (χ2v) is 4.82. The molecule has 0 atom stereocenters. The molecular weight excluding hydrogens is 298 g/mol. The summed E-state index contributed by atoms with van der Waals surface area (Å²) in [6.45, 7) is 0. The molecule has 1 N–H and O–H groups in total. The highest BCUT2D eigenvalue weighted by Gasteiger charge is 2.28. The van der Waals surface area contributed by atoms with E-state index in [4.69, 9.17) is 4.42 Å². The highest BCUT2D eigenvalue weighted by atomic mass is 16.6. The summed E-state index contributed by atoms with van der Waals surface area (Å²) in [5.41, 5.74) is 2.12. The minimum Gasteiger partial charge on any atom is -0.400 e. The van der Waals surface area contributed by atoms with Gasteiger partial charge in [-0.25, -0.2) is 0 Å². The maximum Gasteiger partial charge on any atom is 0.442 e. The van der Waals surface area contributed by atoms with E-state index in [0.717, 1.165) is 0 Å². The molecule has 0 aliphatic heterocycles. The van der Waals surface area contributed by atoms with Gasteiger partial charge in [0, 0.05) is 10.9 Å². The van der Waals surface area contributed by atoms with Crippen molar-refractivity contribution >= 4 is 16.9 Å². The summed E-state index contributed by atoms with van der Waals surface area (Å²) < 4.78 is 5.47. The largest absolute Gasteiger partial charge is 0.442 e. The zero-order valence-corrected chi connectivity index (χ0v) is 11.6. The highest BCUT2D eigenvalue weighted by molar-refractivity contribution is 6.06. The molecule has 2 heterocycles. The van der Waals surface area contributed by atoms with Gasteiger partial charge >= 0.3 is 5.88 Å². The van der Waals surface area contributed by atoms with Gasteiger partial charge in [0.05, 0.1) is 0 Å². The molecule has 112 valence electrons. The number of fused-ring (bicyclic) bond motifs is 1. The number of H-pyrrole nitrogens is 1. The average molecular weight is 307 g/mol. The summed E-state index contributed by atoms with van der Waals surface area (Å²) in [7, 11) is 0. The lowest BCUT2D eigenvalue weighted by Crippen LogP contribution is -1.89. The molecule has 0 spiro atoms. The van der Waals surface area contributed by atoms with Gasteiger partial charge in [-0.05, 0) is 16.8 Å². The number of benzene rings is 2. The van der Waals surface area contributed by atoms with Crippen LogP contribution >= 0.6 is 0 Å². The zero-order valence-electron chi connectivity index (χ0n) is 11.6. The zero-order chi connectivity index (χ0) is 15.8. The van der Waals surface area contributed by atoms with Crippen molar-refractivity contribution < 1.29 is 9.34 Å². The molecule has 0 bridgehead atoms. The Morgan fingerprint density at radius 1 is 1.09 bits per heavy atom. The van der Waals surface area contributed by atoms with Crippen LogP contribution in [0.5, 0.6) is 0 Å². The van der Waals surface area contributed by atoms with Crippen LogP contribution in [0, 0.1) is 10.1 Å². The van der Waals surface area contributed by atoms with Gasteiger partial charge in [0.15, 0.2) is 0 Å². The van der Waals surface area contributed by atoms with Gasteiger partial charge in [0.25, 0.3) is 0 Å². The maximum absolute atomic E-state index is 11.4. The number of tetrazole rings is 1. The maximum atomic E-state index is 11.4. The first kappa shape index (κ1) is 13.1. The van der Waals surface area contributed by atoms with Gasteiger partial charge in [0.1, 0.15) is 16.1 Å². The van der Waals surface area contributed by atoms with Crippen molar-refractivity contribution in [2.24, 2.45) is 0 Å². The van der Waals surface area contributed by atoms with E-state index in [2.05, 4.69) is 20.6 Å². The first-order valence-corrected chi connectivity index (χ1v) is 6.75. The first-order valence-electron chi connectivity index (χ1n) is 6.75. The fourth-order valence-electron chi connectivity index (χ4n) is 2.60. The summed E-state index contributed by atoms with van der Waals surface area (Å²) >= 11 is 0. The molecule has 0 saturated heterocycles. The van der Waals surface area contributed by atoms with Crippen molar-refractivity contribution in [1.29, 1.82) is 0 Å². The molecule has 8 nitrogen and oxygen atoms in total. The molecule has 0 fully saturated rings. The third-order valence-corrected chi connectivity index (χ3v) is 3.51. The van der Waals surface area contributed by atoms with Crippen LogP contribution in [0.4, 0.5) is 5.88 Å². The monoisotopic (exact) mass is 307 g/mol. The summed E-state index contributed by atoms with van der Waals surface area (Å²) in [6, 6.07) is 14.3. The molecule has 2 aromatic heterocycles. The number of nitrogens with zero attached hydrogens (tertiary/aromatic N) is 4. The van der Waals surface area contributed by atoms with Gasteiger partial charge < -0.3 is 4.42 Å². The number of hydrogen-bond donors (Lipinski definition) is 1. The van der Waals surface area contributed by atoms with E-state index in [0.29, 0.717) is 33.5 Å². The Balaban J connectivity index is 2.13. The van der Waals surface area contributed by atoms with Crippen LogP contribution < -0.4 is 0 Å². The van der Waals surface area contributed by atoms with Crippen LogP contribution in [0.1, 0.15) is 0 Å². The van der Waals surface area contributed by atoms with Crippen molar-refractivity contribution in [3.05, 3.63) is 58.6 Å². The predicted octanol–water partition coefficient (Wildman–Crippen LogP) is 3.19. The van der Waals surface area contributed by atoms with Crippen molar-refractivity contribution in [2.45, 2.75) is 0 Å². The minimum absolute atomic E-state index is 0.304. The SMILES string of the molecule is O=[N+]([O-])c1oc2cccc(-c3nn[nH]n3)c2c1-c1ccccc1. The van der Waals surface area contributed by atoms with Crippen LogP contribution in [-0.2, 0) is 0 Å². The lowest BCUT2D eigenvalue weighted by Gasteiger charge is -2.01. The third kappa shape index (κ3) is 2.04. The Kier molecular flexibility index (Phi) is 2.87. The second-order valence-electron chi connectivity index (χ2n) is 4.82. The Bertz CT molecular complexity index is 993. The van der Waals surface area contributed by atoms with Crippen molar-refractivity contribution in [2.75, 3.05) is 0 Å². The number of hydrogen-bond acceptors (Lipinski definition) is 6. The van der Waals surface area contributed by atoms with E-state index in [-0.39, 0.29) is 5.88 Å². The number of aromatic nitrogens is 4. The molecule has 0 unspecified atom stereocenters. The van der Waals surface area contributed by atoms with Gasteiger partial charge in [-0.15, -0.1) is 10.2 Å². The predicted molar refractivity (Wildman–Crippen MR) is 81.5 cm³/mol. The van der Waals surface area contributed by atoms with Crippen LogP contribution in [0.3, 0.4) is 0 Å². The van der Waals surface area contributed by atoms with Crippen LogP contribution in [0.25, 0.3) is 33.5 Å². The quantitative estimate of drug-likeness (QED) is 0.459. The topological polar surface area (TPSA) is 111 Å². The summed E-state index contributed by atoms with van der Waals surface area (Å²) in [4.78, 5) is 10.9. The molecule has 4 aromatic rings. The Hall–Kier alpha value is -3.55. The molecule has 8 heteroatoms. The number of furan rings is 1. The van der Waals surface area contributed by atoms with Crippen LogP contribution in [-0.4, -0.2) is 25.5 Å². The molecule has 0 radical (unpaired) electrons. The molecule has 0 aliphatic rings. The van der Waals surface area contributed by atoms with E-state index < -0.39 is 4.92 Å². The van der Waals surface area contributed by atoms with Gasteiger partial charge in [-0.2, -0.15) is 5.21 Å². The molecule has 0 aliphatic carbocycles. The Morgan fingerprint density at radius 2 is 1.91 bits per heavy atom. The van der Waals surface area contributed by atoms with Crippen LogP contribution in [0.15, 0.2) is 52.9 Å². The van der Waals surface area contributed by atoms with E-state index in [1.165, 1.54) is 0 Å². The van der Waals surface area contributed by atoms with E-state index in [1.54, 1.807) is 30.3 Å². The van der Waals surface area contributed by atoms with Gasteiger partial charge in [-0.3, -0.25) is 10.1 Å². The summed E-state index contributed by atoms with van der Waals surface area (Å²) in [5, 5.41) is 25.9. The Morgan fingerprint density at radius 3 is 2.61 bits per heavy atom. The first-order chi connectivity index (χ1) is 11.3. The number of nitro groups is 1. The molecular formula is C15H9N5O3. The highest BCUT2D eigenvalue weighted by Crippen LogP contribution is 2.43. The molecule has 4 rings (SSSR count). The van der Waals surface area contributed by atoms with Crippen molar-refractivity contribution in [3.63, 3.8) is 0 Å². The fourth-order valence-corrected chi connectivity index (χ4v) is 2.60. The summed E-state index contributed by atoms with van der Waals surface area (Å²) in [5.74, 6) is 0.0469. The third-order valence-electron chi connectivity index (χ3n) is 3.51. The van der Waals surface area contributed by atoms with E-state index >= 15 is 0 Å². The Labute approximate surface area is 128 Å². The molecule has 0 amide bonds. The van der Waals surface area contributed by atoms with E-state index in [1.807, 2.05) is 18.2 Å². The lowest BCUT2D eigenvalue weighted by molar-refractivity contribution is -0.400. The molecule has 0 saturated carbocycles. The standard InChI is InChI=1S/C15H9N5O3/c21-20(22)15-12(9-5-2-1-3-6-9)13-10(14-16-18-19-17-14)7-4-8-11(13)23-15/h1-8H,(H,16,17,18,19). The van der Waals surface area contributed by atoms with E-state index in [9.17, 15) is 10.1 Å².